The van der Waals surface area contributed by atoms with Crippen LogP contribution in [0.2, 0.25) is 0 Å². The Hall–Kier alpha value is -0.940. The monoisotopic (exact) mass is 272 g/mol. The minimum Gasteiger partial charge on any atom is -0.384 e. The van der Waals surface area contributed by atoms with Gasteiger partial charge in [-0.25, -0.2) is 9.37 Å². The van der Waals surface area contributed by atoms with Crippen molar-refractivity contribution in [3.8, 4) is 0 Å². The average molecular weight is 273 g/mol. The summed E-state index contributed by atoms with van der Waals surface area (Å²) < 4.78 is 18.6. The molecule has 0 spiro atoms. The topological polar surface area (TPSA) is 37.9 Å². The fraction of sp³-hybridized carbons (Fsp3) is 0.300. The van der Waals surface area contributed by atoms with Crippen LogP contribution in [0.15, 0.2) is 16.6 Å². The van der Waals surface area contributed by atoms with Crippen LogP contribution in [0.1, 0.15) is 5.82 Å². The number of H-pyrrole nitrogens is 1. The summed E-state index contributed by atoms with van der Waals surface area (Å²) in [4.78, 5) is 7.37. The van der Waals surface area contributed by atoms with Crippen molar-refractivity contribution >= 4 is 27.0 Å². The Balaban J connectivity index is 2.38. The fourth-order valence-corrected chi connectivity index (χ4v) is 1.71. The van der Waals surface area contributed by atoms with E-state index in [0.717, 1.165) is 11.3 Å². The van der Waals surface area contributed by atoms with E-state index in [-0.39, 0.29) is 5.82 Å². The maximum atomic E-state index is 13.2. The largest absolute Gasteiger partial charge is 0.384 e. The molecule has 3 nitrogen and oxygen atoms in total. The van der Waals surface area contributed by atoms with Crippen LogP contribution in [0.5, 0.6) is 0 Å². The Morgan fingerprint density at radius 3 is 3.07 bits per heavy atom. The van der Waals surface area contributed by atoms with Crippen LogP contribution >= 0.6 is 15.9 Å². The van der Waals surface area contributed by atoms with Crippen molar-refractivity contribution in [3.63, 3.8) is 0 Å². The number of rotatable bonds is 3. The second-order valence-electron chi connectivity index (χ2n) is 3.21. The number of halogens is 2. The number of nitrogens with zero attached hydrogens (tertiary/aromatic N) is 1. The lowest BCUT2D eigenvalue weighted by Crippen LogP contribution is -1.95. The molecule has 5 heteroatoms. The average Bonchev–Trinajstić information content (AvgIpc) is 2.58. The van der Waals surface area contributed by atoms with E-state index < -0.39 is 0 Å². The molecule has 2 aromatic rings. The molecular formula is C10H10BrFN2O. The molecule has 1 aromatic carbocycles. The number of aromatic amines is 1. The highest BCUT2D eigenvalue weighted by molar-refractivity contribution is 9.10. The molecule has 2 rings (SSSR count). The Kier molecular flexibility index (Phi) is 3.02. The van der Waals surface area contributed by atoms with Crippen molar-refractivity contribution < 1.29 is 9.13 Å². The molecule has 80 valence electrons. The SMILES string of the molecule is COCCc1nc2cc(Br)c(F)cc2[nH]1. The molecule has 15 heavy (non-hydrogen) atoms. The molecule has 1 aromatic heterocycles. The molecule has 0 aliphatic rings. The molecular weight excluding hydrogens is 263 g/mol. The fourth-order valence-electron chi connectivity index (χ4n) is 1.37. The van der Waals surface area contributed by atoms with Crippen LogP contribution in [0, 0.1) is 5.82 Å². The van der Waals surface area contributed by atoms with Gasteiger partial charge in [-0.05, 0) is 22.0 Å². The van der Waals surface area contributed by atoms with Gasteiger partial charge in [0, 0.05) is 19.6 Å². The number of ether oxygens (including phenoxy) is 1. The standard InChI is InChI=1S/C10H10BrFN2O/c1-15-3-2-10-13-8-4-6(11)7(12)5-9(8)14-10/h4-5H,2-3H2,1H3,(H,13,14). The maximum absolute atomic E-state index is 13.2. The van der Waals surface area contributed by atoms with Crippen molar-refractivity contribution in [2.75, 3.05) is 13.7 Å². The van der Waals surface area contributed by atoms with Crippen molar-refractivity contribution in [1.29, 1.82) is 0 Å². The van der Waals surface area contributed by atoms with Gasteiger partial charge in [-0.1, -0.05) is 0 Å². The van der Waals surface area contributed by atoms with E-state index in [1.54, 1.807) is 13.2 Å². The summed E-state index contributed by atoms with van der Waals surface area (Å²) in [5.74, 6) is 0.522. The highest BCUT2D eigenvalue weighted by Crippen LogP contribution is 2.21. The second kappa shape index (κ2) is 4.28. The zero-order valence-corrected chi connectivity index (χ0v) is 9.77. The molecule has 0 bridgehead atoms. The van der Waals surface area contributed by atoms with E-state index >= 15 is 0 Å². The smallest absolute Gasteiger partial charge is 0.139 e. The van der Waals surface area contributed by atoms with Crippen molar-refractivity contribution in [2.24, 2.45) is 0 Å². The first-order valence-corrected chi connectivity index (χ1v) is 5.32. The van der Waals surface area contributed by atoms with Crippen LogP contribution in [-0.2, 0) is 11.2 Å². The first kappa shape index (κ1) is 10.6. The zero-order valence-electron chi connectivity index (χ0n) is 8.18. The summed E-state index contributed by atoms with van der Waals surface area (Å²) in [5.41, 5.74) is 1.47. The summed E-state index contributed by atoms with van der Waals surface area (Å²) >= 11 is 3.12. The maximum Gasteiger partial charge on any atom is 0.139 e. The van der Waals surface area contributed by atoms with Gasteiger partial charge >= 0.3 is 0 Å². The molecule has 0 aliphatic carbocycles. The van der Waals surface area contributed by atoms with Gasteiger partial charge in [-0.2, -0.15) is 0 Å². The summed E-state index contributed by atoms with van der Waals surface area (Å²) in [6, 6.07) is 3.10. The van der Waals surface area contributed by atoms with E-state index in [1.807, 2.05) is 0 Å². The number of hydrogen-bond acceptors (Lipinski definition) is 2. The van der Waals surface area contributed by atoms with Gasteiger partial charge in [0.15, 0.2) is 0 Å². The highest BCUT2D eigenvalue weighted by atomic mass is 79.9. The second-order valence-corrected chi connectivity index (χ2v) is 4.06. The highest BCUT2D eigenvalue weighted by Gasteiger charge is 2.06. The van der Waals surface area contributed by atoms with Crippen LogP contribution in [-0.4, -0.2) is 23.7 Å². The van der Waals surface area contributed by atoms with Gasteiger partial charge < -0.3 is 9.72 Å². The molecule has 0 amide bonds. The first-order valence-electron chi connectivity index (χ1n) is 4.53. The number of methoxy groups -OCH3 is 1. The van der Waals surface area contributed by atoms with E-state index in [4.69, 9.17) is 4.74 Å². The van der Waals surface area contributed by atoms with Crippen LogP contribution in [0.25, 0.3) is 11.0 Å². The Labute approximate surface area is 94.8 Å². The van der Waals surface area contributed by atoms with Gasteiger partial charge in [0.2, 0.25) is 0 Å². The molecule has 0 fully saturated rings. The minimum atomic E-state index is -0.288. The third-order valence-corrected chi connectivity index (χ3v) is 2.72. The van der Waals surface area contributed by atoms with Gasteiger partial charge in [-0.3, -0.25) is 0 Å². The quantitative estimate of drug-likeness (QED) is 0.933. The van der Waals surface area contributed by atoms with E-state index in [2.05, 4.69) is 25.9 Å². The van der Waals surface area contributed by atoms with Crippen molar-refractivity contribution in [1.82, 2.24) is 9.97 Å². The predicted octanol–water partition coefficient (Wildman–Crippen LogP) is 2.65. The molecule has 1 N–H and O–H groups in total. The van der Waals surface area contributed by atoms with Crippen molar-refractivity contribution in [2.45, 2.75) is 6.42 Å². The summed E-state index contributed by atoms with van der Waals surface area (Å²) in [5, 5.41) is 0. The van der Waals surface area contributed by atoms with Crippen LogP contribution in [0.3, 0.4) is 0 Å². The summed E-state index contributed by atoms with van der Waals surface area (Å²) in [7, 11) is 1.64. The van der Waals surface area contributed by atoms with Gasteiger partial charge in [0.25, 0.3) is 0 Å². The third kappa shape index (κ3) is 2.18. The minimum absolute atomic E-state index is 0.288. The van der Waals surface area contributed by atoms with Crippen LogP contribution < -0.4 is 0 Å². The lowest BCUT2D eigenvalue weighted by molar-refractivity contribution is 0.201. The van der Waals surface area contributed by atoms with E-state index in [9.17, 15) is 4.39 Å². The van der Waals surface area contributed by atoms with Crippen molar-refractivity contribution in [3.05, 3.63) is 28.2 Å². The molecule has 0 saturated heterocycles. The Morgan fingerprint density at radius 1 is 1.53 bits per heavy atom. The number of imidazole rings is 1. The number of hydrogen-bond donors (Lipinski definition) is 1. The number of benzene rings is 1. The molecule has 0 unspecified atom stereocenters. The van der Waals surface area contributed by atoms with Crippen LogP contribution in [0.4, 0.5) is 4.39 Å². The Bertz CT molecular complexity index is 444. The summed E-state index contributed by atoms with van der Waals surface area (Å²) in [6.07, 6.45) is 0.699. The lowest BCUT2D eigenvalue weighted by Gasteiger charge is -1.92. The molecule has 0 aliphatic heterocycles. The third-order valence-electron chi connectivity index (χ3n) is 2.12. The number of aromatic nitrogens is 2. The normalized spacial score (nSPS) is 11.1. The Morgan fingerprint density at radius 2 is 2.33 bits per heavy atom. The van der Waals surface area contributed by atoms with Gasteiger partial charge in [-0.15, -0.1) is 0 Å². The summed E-state index contributed by atoms with van der Waals surface area (Å²) in [6.45, 7) is 0.601. The predicted molar refractivity (Wildman–Crippen MR) is 59.3 cm³/mol. The van der Waals surface area contributed by atoms with Gasteiger partial charge in [0.1, 0.15) is 11.6 Å². The first-order chi connectivity index (χ1) is 7.20. The zero-order chi connectivity index (χ0) is 10.8. The lowest BCUT2D eigenvalue weighted by atomic mass is 10.3. The van der Waals surface area contributed by atoms with Gasteiger partial charge in [0.05, 0.1) is 22.1 Å². The number of nitrogens with one attached hydrogen (secondary N) is 1. The molecule has 0 radical (unpaired) electrons. The molecule has 0 atom stereocenters. The number of fused-ring (bicyclic) bond motifs is 1. The molecule has 1 heterocycles. The van der Waals surface area contributed by atoms with E-state index in [0.29, 0.717) is 23.0 Å². The molecule has 0 saturated carbocycles. The van der Waals surface area contributed by atoms with E-state index in [1.165, 1.54) is 6.07 Å².